The molecule has 1 heterocycles. The monoisotopic (exact) mass is 309 g/mol. The third kappa shape index (κ3) is 3.97. The van der Waals surface area contributed by atoms with Gasteiger partial charge in [-0.1, -0.05) is 40.7 Å². The molecule has 1 rings (SSSR count). The van der Waals surface area contributed by atoms with Crippen LogP contribution in [0.1, 0.15) is 47.5 Å². The van der Waals surface area contributed by atoms with Gasteiger partial charge >= 0.3 is 0 Å². The van der Waals surface area contributed by atoms with Crippen LogP contribution in [-0.4, -0.2) is 26.6 Å². The van der Waals surface area contributed by atoms with E-state index in [4.69, 9.17) is 9.16 Å². The molecule has 0 N–H and O–H groups in total. The summed E-state index contributed by atoms with van der Waals surface area (Å²) < 4.78 is 12.6. The highest BCUT2D eigenvalue weighted by atomic mass is 28.4. The summed E-state index contributed by atoms with van der Waals surface area (Å²) in [6.07, 6.45) is 2.95. The van der Waals surface area contributed by atoms with Crippen molar-refractivity contribution in [2.75, 3.05) is 0 Å². The number of hydrogen-bond donors (Lipinski definition) is 0. The summed E-state index contributed by atoms with van der Waals surface area (Å²) in [7, 11) is -1.87. The minimum atomic E-state index is -1.87. The molecule has 0 unspecified atom stereocenters. The smallest absolute Gasteiger partial charge is 0.192 e. The summed E-state index contributed by atoms with van der Waals surface area (Å²) in [5.41, 5.74) is -0.114. The van der Waals surface area contributed by atoms with Crippen molar-refractivity contribution in [3.63, 3.8) is 0 Å². The second kappa shape index (κ2) is 6.24. The van der Waals surface area contributed by atoms with Crippen LogP contribution in [0, 0.1) is 16.7 Å². The summed E-state index contributed by atoms with van der Waals surface area (Å²) in [4.78, 5) is 0. The van der Waals surface area contributed by atoms with Crippen LogP contribution in [0.2, 0.25) is 18.1 Å². The Balaban J connectivity index is 3.02. The molecule has 0 bridgehead atoms. The van der Waals surface area contributed by atoms with Crippen molar-refractivity contribution in [3.8, 4) is 6.07 Å². The molecule has 1 fully saturated rings. The molecule has 120 valence electrons. The second-order valence-electron chi connectivity index (χ2n) is 8.19. The highest BCUT2D eigenvalue weighted by Crippen LogP contribution is 2.45. The van der Waals surface area contributed by atoms with E-state index in [-0.39, 0.29) is 28.8 Å². The van der Waals surface area contributed by atoms with E-state index in [0.29, 0.717) is 6.42 Å². The lowest BCUT2D eigenvalue weighted by molar-refractivity contribution is -0.150. The first-order valence-corrected chi connectivity index (χ1v) is 10.7. The van der Waals surface area contributed by atoms with Crippen molar-refractivity contribution in [1.29, 1.82) is 5.26 Å². The van der Waals surface area contributed by atoms with E-state index in [1.54, 1.807) is 0 Å². The number of nitriles is 1. The third-order valence-electron chi connectivity index (χ3n) is 5.18. The number of hydrogen-bond acceptors (Lipinski definition) is 3. The van der Waals surface area contributed by atoms with Crippen molar-refractivity contribution >= 4 is 8.32 Å². The average molecular weight is 310 g/mol. The van der Waals surface area contributed by atoms with E-state index >= 15 is 0 Å². The zero-order valence-electron chi connectivity index (χ0n) is 14.7. The quantitative estimate of drug-likeness (QED) is 0.560. The first kappa shape index (κ1) is 18.4. The highest BCUT2D eigenvalue weighted by Gasteiger charge is 2.49. The molecule has 21 heavy (non-hydrogen) atoms. The van der Waals surface area contributed by atoms with Crippen LogP contribution in [0.3, 0.4) is 0 Å². The molecule has 1 saturated heterocycles. The zero-order valence-corrected chi connectivity index (χ0v) is 15.7. The van der Waals surface area contributed by atoms with Gasteiger partial charge in [0.05, 0.1) is 18.3 Å². The van der Waals surface area contributed by atoms with Crippen LogP contribution in [0.5, 0.6) is 0 Å². The van der Waals surface area contributed by atoms with Gasteiger partial charge in [-0.15, -0.1) is 6.58 Å². The summed E-state index contributed by atoms with van der Waals surface area (Å²) in [6, 6.07) is 2.26. The van der Waals surface area contributed by atoms with Crippen molar-refractivity contribution in [3.05, 3.63) is 12.7 Å². The van der Waals surface area contributed by atoms with Crippen LogP contribution in [0.25, 0.3) is 0 Å². The Morgan fingerprint density at radius 2 is 2.00 bits per heavy atom. The fraction of sp³-hybridized carbons (Fsp3) is 0.824. The zero-order chi connectivity index (χ0) is 16.5. The third-order valence-corrected chi connectivity index (χ3v) is 9.67. The molecule has 0 aromatic carbocycles. The molecule has 1 aliphatic rings. The Morgan fingerprint density at radius 1 is 1.43 bits per heavy atom. The Hall–Kier alpha value is -0.633. The normalized spacial score (nSPS) is 29.7. The first-order chi connectivity index (χ1) is 9.45. The summed E-state index contributed by atoms with van der Waals surface area (Å²) >= 11 is 0. The lowest BCUT2D eigenvalue weighted by Crippen LogP contribution is -2.56. The van der Waals surface area contributed by atoms with E-state index in [1.807, 2.05) is 6.08 Å². The minimum absolute atomic E-state index is 0.0110. The highest BCUT2D eigenvalue weighted by molar-refractivity contribution is 6.74. The van der Waals surface area contributed by atoms with E-state index < -0.39 is 8.32 Å². The van der Waals surface area contributed by atoms with Crippen LogP contribution in [0.4, 0.5) is 0 Å². The molecule has 0 radical (unpaired) electrons. The van der Waals surface area contributed by atoms with Crippen LogP contribution >= 0.6 is 0 Å². The molecule has 3 atom stereocenters. The Kier molecular flexibility index (Phi) is 5.47. The molecule has 0 aromatic heterocycles. The van der Waals surface area contributed by atoms with E-state index in [2.05, 4.69) is 60.4 Å². The molecular formula is C17H31NO2Si. The molecule has 1 aliphatic heterocycles. The predicted octanol–water partition coefficient (Wildman–Crippen LogP) is 4.66. The molecule has 0 saturated carbocycles. The largest absolute Gasteiger partial charge is 0.413 e. The van der Waals surface area contributed by atoms with Gasteiger partial charge in [-0.3, -0.25) is 0 Å². The molecule has 0 aliphatic carbocycles. The molecule has 4 heteroatoms. The molecular weight excluding hydrogens is 278 g/mol. The Morgan fingerprint density at radius 3 is 2.43 bits per heavy atom. The molecule has 0 amide bonds. The Labute approximate surface area is 131 Å². The maximum Gasteiger partial charge on any atom is 0.192 e. The van der Waals surface area contributed by atoms with Gasteiger partial charge in [0.2, 0.25) is 0 Å². The standard InChI is InChI=1S/C17H31NO2Si/c1-9-10-14-17(5,6)15(11-13(12-18)19-14)20-21(7,8)16(2,3)4/h9,13-15H,1,10-11H2,2-8H3/t13-,14+,15+/m0/s1. The van der Waals surface area contributed by atoms with E-state index in [0.717, 1.165) is 6.42 Å². The van der Waals surface area contributed by atoms with Crippen molar-refractivity contribution in [1.82, 2.24) is 0 Å². The fourth-order valence-corrected chi connectivity index (χ4v) is 3.93. The van der Waals surface area contributed by atoms with Gasteiger partial charge in [0.15, 0.2) is 8.32 Å². The van der Waals surface area contributed by atoms with Gasteiger partial charge in [0, 0.05) is 11.8 Å². The first-order valence-electron chi connectivity index (χ1n) is 7.79. The van der Waals surface area contributed by atoms with Gasteiger partial charge in [-0.2, -0.15) is 5.26 Å². The summed E-state index contributed by atoms with van der Waals surface area (Å²) in [6.45, 7) is 19.5. The SMILES string of the molecule is C=CC[C@H]1O[C@H](C#N)C[C@@H](O[Si](C)(C)C(C)(C)C)C1(C)C. The number of rotatable bonds is 4. The van der Waals surface area contributed by atoms with Gasteiger partial charge in [-0.25, -0.2) is 0 Å². The lowest BCUT2D eigenvalue weighted by atomic mass is 9.75. The summed E-state index contributed by atoms with van der Waals surface area (Å²) in [5.74, 6) is 0. The van der Waals surface area contributed by atoms with Crippen molar-refractivity contribution in [2.45, 2.75) is 83.9 Å². The van der Waals surface area contributed by atoms with Gasteiger partial charge < -0.3 is 9.16 Å². The number of nitrogens with zero attached hydrogens (tertiary/aromatic N) is 1. The lowest BCUT2D eigenvalue weighted by Gasteiger charge is -2.50. The predicted molar refractivity (Wildman–Crippen MR) is 89.6 cm³/mol. The fourth-order valence-electron chi connectivity index (χ4n) is 2.46. The second-order valence-corrected chi connectivity index (χ2v) is 12.9. The summed E-state index contributed by atoms with van der Waals surface area (Å²) in [5, 5.41) is 9.44. The van der Waals surface area contributed by atoms with Crippen LogP contribution < -0.4 is 0 Å². The topological polar surface area (TPSA) is 42.2 Å². The van der Waals surface area contributed by atoms with Crippen LogP contribution in [-0.2, 0) is 9.16 Å². The van der Waals surface area contributed by atoms with E-state index in [1.165, 1.54) is 0 Å². The van der Waals surface area contributed by atoms with Crippen LogP contribution in [0.15, 0.2) is 12.7 Å². The Bertz CT molecular complexity index is 417. The average Bonchev–Trinajstić information content (AvgIpc) is 2.32. The maximum absolute atomic E-state index is 9.28. The van der Waals surface area contributed by atoms with Gasteiger partial charge in [0.1, 0.15) is 6.10 Å². The molecule has 0 spiro atoms. The van der Waals surface area contributed by atoms with Crippen molar-refractivity contribution in [2.24, 2.45) is 5.41 Å². The minimum Gasteiger partial charge on any atom is -0.413 e. The molecule has 3 nitrogen and oxygen atoms in total. The molecule has 0 aromatic rings. The van der Waals surface area contributed by atoms with Crippen molar-refractivity contribution < 1.29 is 9.16 Å². The maximum atomic E-state index is 9.28. The van der Waals surface area contributed by atoms with Gasteiger partial charge in [0.25, 0.3) is 0 Å². The number of ether oxygens (including phenoxy) is 1. The van der Waals surface area contributed by atoms with Gasteiger partial charge in [-0.05, 0) is 24.6 Å². The van der Waals surface area contributed by atoms with E-state index in [9.17, 15) is 5.26 Å².